The van der Waals surface area contributed by atoms with Crippen LogP contribution in [0.5, 0.6) is 0 Å². The number of hydrogen-bond acceptors (Lipinski definition) is 6. The molecule has 0 bridgehead atoms. The molecule has 0 aliphatic rings. The molecule has 0 N–H and O–H groups in total. The van der Waals surface area contributed by atoms with Crippen LogP contribution in [0.15, 0.2) is 0 Å². The fourth-order valence-electron chi connectivity index (χ4n) is 1.89. The van der Waals surface area contributed by atoms with Gasteiger partial charge in [0.2, 0.25) is 0 Å². The monoisotopic (exact) mass is 313 g/mol. The summed E-state index contributed by atoms with van der Waals surface area (Å²) in [5, 5.41) is 8.34. The quantitative estimate of drug-likeness (QED) is 0.430. The fraction of sp³-hybridized carbons (Fsp3) is 0.812. The van der Waals surface area contributed by atoms with E-state index in [-0.39, 0.29) is 31.1 Å². The third-order valence-corrected chi connectivity index (χ3v) is 3.82. The van der Waals surface area contributed by atoms with Gasteiger partial charge >= 0.3 is 11.9 Å². The fourth-order valence-corrected chi connectivity index (χ4v) is 1.89. The smallest absolute Gasteiger partial charge is 0.311 e. The molecule has 0 saturated heterocycles. The first-order chi connectivity index (χ1) is 10.4. The van der Waals surface area contributed by atoms with Crippen molar-refractivity contribution in [3.05, 3.63) is 0 Å². The van der Waals surface area contributed by atoms with Gasteiger partial charge in [0.15, 0.2) is 0 Å². The second kappa shape index (κ2) is 11.0. The molecule has 22 heavy (non-hydrogen) atoms. The molecule has 0 radical (unpaired) electrons. The molecule has 2 atom stereocenters. The van der Waals surface area contributed by atoms with Crippen LogP contribution in [-0.2, 0) is 23.8 Å². The highest BCUT2D eigenvalue weighted by atomic mass is 16.6. The van der Waals surface area contributed by atoms with Gasteiger partial charge in [0.1, 0.15) is 6.61 Å². The highest BCUT2D eigenvalue weighted by Crippen LogP contribution is 2.30. The Balaban J connectivity index is 4.05. The van der Waals surface area contributed by atoms with Crippen LogP contribution in [0.2, 0.25) is 0 Å². The minimum Gasteiger partial charge on any atom is -0.469 e. The molecule has 2 unspecified atom stereocenters. The van der Waals surface area contributed by atoms with E-state index >= 15 is 0 Å². The summed E-state index contributed by atoms with van der Waals surface area (Å²) in [6.07, 6.45) is 2.13. The van der Waals surface area contributed by atoms with Gasteiger partial charge in [-0.2, -0.15) is 5.26 Å². The van der Waals surface area contributed by atoms with Crippen molar-refractivity contribution >= 4 is 11.9 Å². The first-order valence-electron chi connectivity index (χ1n) is 7.61. The van der Waals surface area contributed by atoms with E-state index in [1.807, 2.05) is 19.9 Å². The van der Waals surface area contributed by atoms with Crippen LogP contribution in [0.3, 0.4) is 0 Å². The highest BCUT2D eigenvalue weighted by molar-refractivity contribution is 5.76. The van der Waals surface area contributed by atoms with E-state index in [0.29, 0.717) is 32.3 Å². The molecule has 6 heteroatoms. The number of nitriles is 1. The van der Waals surface area contributed by atoms with Crippen LogP contribution in [0.25, 0.3) is 0 Å². The van der Waals surface area contributed by atoms with Gasteiger partial charge in [0.25, 0.3) is 0 Å². The van der Waals surface area contributed by atoms with E-state index in [9.17, 15) is 9.59 Å². The predicted octanol–water partition coefficient (Wildman–Crippen LogP) is 2.47. The minimum atomic E-state index is -0.566. The number of carbonyl (C=O) groups excluding carboxylic acids is 2. The summed E-state index contributed by atoms with van der Waals surface area (Å²) in [5.74, 6) is -0.830. The topological polar surface area (TPSA) is 85.6 Å². The Bertz CT molecular complexity index is 390. The maximum atomic E-state index is 11.8. The summed E-state index contributed by atoms with van der Waals surface area (Å²) in [4.78, 5) is 23.6. The van der Waals surface area contributed by atoms with Gasteiger partial charge in [0.05, 0.1) is 44.1 Å². The highest BCUT2D eigenvalue weighted by Gasteiger charge is 2.33. The van der Waals surface area contributed by atoms with E-state index in [2.05, 4.69) is 0 Å². The van der Waals surface area contributed by atoms with Gasteiger partial charge in [-0.25, -0.2) is 0 Å². The Kier molecular flexibility index (Phi) is 10.2. The molecule has 0 saturated carbocycles. The van der Waals surface area contributed by atoms with Crippen LogP contribution in [-0.4, -0.2) is 38.9 Å². The average molecular weight is 313 g/mol. The summed E-state index contributed by atoms with van der Waals surface area (Å²) >= 11 is 0. The van der Waals surface area contributed by atoms with Crippen LogP contribution >= 0.6 is 0 Å². The SMILES string of the molecule is CCC(C)(CCC(C)C(=O)OCCOCCC#N)C(=O)OC. The number of ether oxygens (including phenoxy) is 3. The number of esters is 2. The molecule has 126 valence electrons. The predicted molar refractivity (Wildman–Crippen MR) is 80.8 cm³/mol. The molecule has 0 spiro atoms. The Morgan fingerprint density at radius 2 is 1.95 bits per heavy atom. The molecule has 0 aromatic carbocycles. The van der Waals surface area contributed by atoms with Crippen LogP contribution < -0.4 is 0 Å². The number of nitrogens with zero attached hydrogens (tertiary/aromatic N) is 1. The molecule has 0 rings (SSSR count). The Morgan fingerprint density at radius 1 is 1.27 bits per heavy atom. The molecule has 0 fully saturated rings. The summed E-state index contributed by atoms with van der Waals surface area (Å²) < 4.78 is 15.0. The maximum absolute atomic E-state index is 11.8. The molecular weight excluding hydrogens is 286 g/mol. The van der Waals surface area contributed by atoms with Crippen molar-refractivity contribution in [1.29, 1.82) is 5.26 Å². The van der Waals surface area contributed by atoms with Crippen molar-refractivity contribution in [1.82, 2.24) is 0 Å². The molecular formula is C16H27NO5. The van der Waals surface area contributed by atoms with Crippen LogP contribution in [0.1, 0.15) is 46.5 Å². The number of rotatable bonds is 11. The zero-order valence-electron chi connectivity index (χ0n) is 14.0. The Labute approximate surface area is 132 Å². The maximum Gasteiger partial charge on any atom is 0.311 e. The number of methoxy groups -OCH3 is 1. The molecule has 0 aromatic rings. The van der Waals surface area contributed by atoms with E-state index in [1.165, 1.54) is 7.11 Å². The van der Waals surface area contributed by atoms with Gasteiger partial charge in [-0.15, -0.1) is 0 Å². The second-order valence-corrected chi connectivity index (χ2v) is 5.53. The molecule has 0 aliphatic carbocycles. The first kappa shape index (κ1) is 20.4. The molecule has 0 aliphatic heterocycles. The van der Waals surface area contributed by atoms with E-state index < -0.39 is 5.41 Å². The van der Waals surface area contributed by atoms with E-state index in [4.69, 9.17) is 19.5 Å². The van der Waals surface area contributed by atoms with Crippen molar-refractivity contribution < 1.29 is 23.8 Å². The lowest BCUT2D eigenvalue weighted by Gasteiger charge is -2.26. The van der Waals surface area contributed by atoms with Crippen molar-refractivity contribution in [3.63, 3.8) is 0 Å². The largest absolute Gasteiger partial charge is 0.469 e. The third kappa shape index (κ3) is 7.41. The van der Waals surface area contributed by atoms with E-state index in [1.54, 1.807) is 6.92 Å². The summed E-state index contributed by atoms with van der Waals surface area (Å²) in [6.45, 7) is 6.37. The zero-order chi connectivity index (χ0) is 17.0. The minimum absolute atomic E-state index is 0.177. The van der Waals surface area contributed by atoms with Gasteiger partial charge in [0, 0.05) is 0 Å². The standard InChI is InChI=1S/C16H27NO5/c1-5-16(3,15(19)20-4)8-7-13(2)14(18)22-12-11-21-10-6-9-17/h13H,5-8,10-12H2,1-4H3. The number of hydrogen-bond donors (Lipinski definition) is 0. The van der Waals surface area contributed by atoms with Crippen molar-refractivity contribution in [2.24, 2.45) is 11.3 Å². The summed E-state index contributed by atoms with van der Waals surface area (Å²) in [7, 11) is 1.38. The summed E-state index contributed by atoms with van der Waals surface area (Å²) in [5.41, 5.74) is -0.566. The lowest BCUT2D eigenvalue weighted by atomic mass is 9.81. The summed E-state index contributed by atoms with van der Waals surface area (Å²) in [6, 6.07) is 1.97. The normalized spacial score (nSPS) is 14.5. The van der Waals surface area contributed by atoms with Crippen molar-refractivity contribution in [2.45, 2.75) is 46.5 Å². The molecule has 6 nitrogen and oxygen atoms in total. The molecule has 0 heterocycles. The zero-order valence-corrected chi connectivity index (χ0v) is 14.0. The van der Waals surface area contributed by atoms with Crippen molar-refractivity contribution in [2.75, 3.05) is 26.9 Å². The van der Waals surface area contributed by atoms with Crippen LogP contribution in [0, 0.1) is 22.7 Å². The average Bonchev–Trinajstić information content (AvgIpc) is 2.54. The lowest BCUT2D eigenvalue weighted by Crippen LogP contribution is -2.30. The van der Waals surface area contributed by atoms with Crippen molar-refractivity contribution in [3.8, 4) is 6.07 Å². The Morgan fingerprint density at radius 3 is 2.50 bits per heavy atom. The van der Waals surface area contributed by atoms with Crippen LogP contribution in [0.4, 0.5) is 0 Å². The molecule has 0 amide bonds. The van der Waals surface area contributed by atoms with E-state index in [0.717, 1.165) is 0 Å². The van der Waals surface area contributed by atoms with Gasteiger partial charge < -0.3 is 14.2 Å². The van der Waals surface area contributed by atoms with Gasteiger partial charge in [-0.3, -0.25) is 9.59 Å². The first-order valence-corrected chi connectivity index (χ1v) is 7.61. The van der Waals surface area contributed by atoms with Gasteiger partial charge in [-0.1, -0.05) is 13.8 Å². The Hall–Kier alpha value is -1.61. The number of carbonyl (C=O) groups is 2. The molecule has 0 aromatic heterocycles. The van der Waals surface area contributed by atoms with Gasteiger partial charge in [-0.05, 0) is 26.2 Å². The third-order valence-electron chi connectivity index (χ3n) is 3.82. The second-order valence-electron chi connectivity index (χ2n) is 5.53. The lowest BCUT2D eigenvalue weighted by molar-refractivity contribution is -0.155.